The van der Waals surface area contributed by atoms with E-state index in [-0.39, 0.29) is 23.5 Å². The van der Waals surface area contributed by atoms with Crippen LogP contribution in [0, 0.1) is 0 Å². The number of hydrogen-bond donors (Lipinski definition) is 3. The van der Waals surface area contributed by atoms with Gasteiger partial charge >= 0.3 is 6.03 Å². The summed E-state index contributed by atoms with van der Waals surface area (Å²) in [5.41, 5.74) is 0. The molecule has 0 aliphatic carbocycles. The maximum absolute atomic E-state index is 11.3. The highest BCUT2D eigenvalue weighted by Crippen LogP contribution is 2.12. The molecule has 0 fully saturated rings. The molecule has 1 unspecified atom stereocenters. The molecular weight excluding hydrogens is 240 g/mol. The fourth-order valence-electron chi connectivity index (χ4n) is 1.07. The van der Waals surface area contributed by atoms with Crippen LogP contribution in [0.3, 0.4) is 0 Å². The summed E-state index contributed by atoms with van der Waals surface area (Å²) in [5.74, 6) is -0.0590. The molecule has 0 aliphatic heterocycles. The summed E-state index contributed by atoms with van der Waals surface area (Å²) in [7, 11) is 0. The van der Waals surface area contributed by atoms with Crippen LogP contribution in [-0.4, -0.2) is 41.2 Å². The van der Waals surface area contributed by atoms with E-state index < -0.39 is 6.03 Å². The van der Waals surface area contributed by atoms with Crippen molar-refractivity contribution in [1.82, 2.24) is 10.6 Å². The summed E-state index contributed by atoms with van der Waals surface area (Å²) in [6, 6.07) is -0.432. The summed E-state index contributed by atoms with van der Waals surface area (Å²) < 4.78 is 0. The van der Waals surface area contributed by atoms with Gasteiger partial charge in [-0.3, -0.25) is 10.1 Å². The average molecular weight is 262 g/mol. The Morgan fingerprint density at radius 1 is 1.41 bits per heavy atom. The SMILES string of the molecule is CCCCNC(=O)NC(=O)CSC(C)CCO. The minimum atomic E-state index is -0.432. The Morgan fingerprint density at radius 2 is 2.12 bits per heavy atom. The fourth-order valence-corrected chi connectivity index (χ4v) is 1.85. The van der Waals surface area contributed by atoms with Crippen molar-refractivity contribution in [2.45, 2.75) is 38.4 Å². The van der Waals surface area contributed by atoms with Crippen LogP contribution < -0.4 is 10.6 Å². The average Bonchev–Trinajstić information content (AvgIpc) is 2.27. The Hall–Kier alpha value is -0.750. The van der Waals surface area contributed by atoms with E-state index in [2.05, 4.69) is 10.6 Å². The molecule has 0 spiro atoms. The molecule has 0 radical (unpaired) electrons. The zero-order valence-corrected chi connectivity index (χ0v) is 11.3. The van der Waals surface area contributed by atoms with E-state index in [0.29, 0.717) is 13.0 Å². The van der Waals surface area contributed by atoms with Gasteiger partial charge in [0, 0.05) is 18.4 Å². The number of carbonyl (C=O) groups excluding carboxylic acids is 2. The Kier molecular flexibility index (Phi) is 9.95. The van der Waals surface area contributed by atoms with Gasteiger partial charge in [0.05, 0.1) is 5.75 Å². The first-order valence-electron chi connectivity index (χ1n) is 5.90. The second kappa shape index (κ2) is 10.4. The van der Waals surface area contributed by atoms with Crippen molar-refractivity contribution >= 4 is 23.7 Å². The van der Waals surface area contributed by atoms with Crippen molar-refractivity contribution in [1.29, 1.82) is 0 Å². The standard InChI is InChI=1S/C11H22N2O3S/c1-3-4-6-12-11(16)13-10(15)8-17-9(2)5-7-14/h9,14H,3-8H2,1-2H3,(H2,12,13,15,16). The number of aliphatic hydroxyl groups excluding tert-OH is 1. The van der Waals surface area contributed by atoms with Gasteiger partial charge in [0.15, 0.2) is 0 Å². The Balaban J connectivity index is 3.60. The highest BCUT2D eigenvalue weighted by Gasteiger charge is 2.09. The number of unbranched alkanes of at least 4 members (excludes halogenated alkanes) is 1. The molecule has 0 rings (SSSR count). The number of nitrogens with one attached hydrogen (secondary N) is 2. The first kappa shape index (κ1) is 16.2. The van der Waals surface area contributed by atoms with Gasteiger partial charge in [-0.25, -0.2) is 4.79 Å². The fraction of sp³-hybridized carbons (Fsp3) is 0.818. The Morgan fingerprint density at radius 3 is 2.71 bits per heavy atom. The van der Waals surface area contributed by atoms with E-state index in [1.54, 1.807) is 0 Å². The lowest BCUT2D eigenvalue weighted by atomic mass is 10.3. The maximum Gasteiger partial charge on any atom is 0.321 e. The van der Waals surface area contributed by atoms with Crippen molar-refractivity contribution in [3.8, 4) is 0 Å². The van der Waals surface area contributed by atoms with Crippen molar-refractivity contribution in [2.24, 2.45) is 0 Å². The normalized spacial score (nSPS) is 11.9. The molecule has 0 aliphatic rings. The van der Waals surface area contributed by atoms with Gasteiger partial charge in [-0.05, 0) is 12.8 Å². The molecule has 0 aromatic heterocycles. The molecule has 0 bridgehead atoms. The molecule has 3 amide bonds. The van der Waals surface area contributed by atoms with Crippen LogP contribution in [0.5, 0.6) is 0 Å². The lowest BCUT2D eigenvalue weighted by Gasteiger charge is -2.09. The van der Waals surface area contributed by atoms with Gasteiger partial charge in [-0.15, -0.1) is 11.8 Å². The number of urea groups is 1. The summed E-state index contributed by atoms with van der Waals surface area (Å²) >= 11 is 1.43. The van der Waals surface area contributed by atoms with E-state index >= 15 is 0 Å². The minimum absolute atomic E-state index is 0.118. The number of rotatable bonds is 8. The smallest absolute Gasteiger partial charge is 0.321 e. The van der Waals surface area contributed by atoms with Crippen molar-refractivity contribution in [3.05, 3.63) is 0 Å². The van der Waals surface area contributed by atoms with Crippen LogP contribution in [0.15, 0.2) is 0 Å². The third-order valence-corrected chi connectivity index (χ3v) is 3.34. The lowest BCUT2D eigenvalue weighted by molar-refractivity contribution is -0.117. The van der Waals surface area contributed by atoms with Gasteiger partial charge in [0.2, 0.25) is 5.91 Å². The van der Waals surface area contributed by atoms with E-state index in [1.165, 1.54) is 11.8 Å². The molecule has 5 nitrogen and oxygen atoms in total. The second-order valence-corrected chi connectivity index (χ2v) is 5.22. The molecule has 6 heteroatoms. The number of thioether (sulfide) groups is 1. The quantitative estimate of drug-likeness (QED) is 0.573. The molecule has 0 saturated carbocycles. The minimum Gasteiger partial charge on any atom is -0.396 e. The van der Waals surface area contributed by atoms with Crippen LogP contribution in [0.1, 0.15) is 33.1 Å². The molecule has 0 aromatic rings. The first-order chi connectivity index (χ1) is 8.10. The topological polar surface area (TPSA) is 78.4 Å². The third-order valence-electron chi connectivity index (χ3n) is 2.10. The number of hydrogen-bond acceptors (Lipinski definition) is 4. The predicted octanol–water partition coefficient (Wildman–Crippen LogP) is 1.12. The largest absolute Gasteiger partial charge is 0.396 e. The molecule has 0 saturated heterocycles. The van der Waals surface area contributed by atoms with Crippen LogP contribution in [0.2, 0.25) is 0 Å². The van der Waals surface area contributed by atoms with Gasteiger partial charge in [0.25, 0.3) is 0 Å². The van der Waals surface area contributed by atoms with Crippen molar-refractivity contribution in [3.63, 3.8) is 0 Å². The van der Waals surface area contributed by atoms with Crippen molar-refractivity contribution in [2.75, 3.05) is 18.9 Å². The van der Waals surface area contributed by atoms with Crippen LogP contribution in [-0.2, 0) is 4.79 Å². The summed E-state index contributed by atoms with van der Waals surface area (Å²) in [4.78, 5) is 22.5. The molecule has 100 valence electrons. The molecule has 3 N–H and O–H groups in total. The highest BCUT2D eigenvalue weighted by atomic mass is 32.2. The number of carbonyl (C=O) groups is 2. The number of aliphatic hydroxyl groups is 1. The molecule has 17 heavy (non-hydrogen) atoms. The maximum atomic E-state index is 11.3. The molecule has 1 atom stereocenters. The Bertz CT molecular complexity index is 237. The van der Waals surface area contributed by atoms with E-state index in [9.17, 15) is 9.59 Å². The monoisotopic (exact) mass is 262 g/mol. The highest BCUT2D eigenvalue weighted by molar-refractivity contribution is 8.00. The van der Waals surface area contributed by atoms with E-state index in [1.807, 2.05) is 13.8 Å². The molecule has 0 aromatic carbocycles. The summed E-state index contributed by atoms with van der Waals surface area (Å²) in [6.45, 7) is 4.68. The first-order valence-corrected chi connectivity index (χ1v) is 6.95. The molecule has 0 heterocycles. The zero-order chi connectivity index (χ0) is 13.1. The Labute approximate surface area is 107 Å². The van der Waals surface area contributed by atoms with Gasteiger partial charge in [0.1, 0.15) is 0 Å². The third kappa shape index (κ3) is 10.1. The number of amides is 3. The second-order valence-electron chi connectivity index (χ2n) is 3.79. The van der Waals surface area contributed by atoms with Crippen molar-refractivity contribution < 1.29 is 14.7 Å². The summed E-state index contributed by atoms with van der Waals surface area (Å²) in [5, 5.41) is 13.8. The van der Waals surface area contributed by atoms with Gasteiger partial charge in [-0.2, -0.15) is 0 Å². The van der Waals surface area contributed by atoms with Crippen LogP contribution >= 0.6 is 11.8 Å². The van der Waals surface area contributed by atoms with E-state index in [0.717, 1.165) is 12.8 Å². The van der Waals surface area contributed by atoms with Gasteiger partial charge in [-0.1, -0.05) is 20.3 Å². The lowest BCUT2D eigenvalue weighted by Crippen LogP contribution is -2.40. The predicted molar refractivity (Wildman–Crippen MR) is 70.1 cm³/mol. The summed E-state index contributed by atoms with van der Waals surface area (Å²) in [6.07, 6.45) is 2.56. The zero-order valence-electron chi connectivity index (χ0n) is 10.5. The van der Waals surface area contributed by atoms with Crippen LogP contribution in [0.25, 0.3) is 0 Å². The van der Waals surface area contributed by atoms with E-state index in [4.69, 9.17) is 5.11 Å². The van der Waals surface area contributed by atoms with Crippen LogP contribution in [0.4, 0.5) is 4.79 Å². The molecular formula is C11H22N2O3S. The number of imide groups is 1. The van der Waals surface area contributed by atoms with Gasteiger partial charge < -0.3 is 10.4 Å².